The van der Waals surface area contributed by atoms with Crippen molar-refractivity contribution in [3.05, 3.63) is 35.7 Å². The number of para-hydroxylation sites is 1. The fourth-order valence-electron chi connectivity index (χ4n) is 1.79. The number of ether oxygens (including phenoxy) is 1. The van der Waals surface area contributed by atoms with E-state index in [-0.39, 0.29) is 5.91 Å². The molecule has 1 aromatic carbocycles. The molecular formula is C14H17N3O2S. The maximum Gasteiger partial charge on any atom is 0.234 e. The van der Waals surface area contributed by atoms with Crippen LogP contribution in [-0.2, 0) is 4.79 Å². The van der Waals surface area contributed by atoms with Crippen molar-refractivity contribution >= 4 is 23.4 Å². The molecule has 0 aliphatic carbocycles. The van der Waals surface area contributed by atoms with Crippen molar-refractivity contribution in [2.24, 2.45) is 0 Å². The number of thioether (sulfide) groups is 1. The SMILES string of the molecule is COc1ccccc1SCC(=O)Nc1c(C)n[nH]c1C. The summed E-state index contributed by atoms with van der Waals surface area (Å²) in [4.78, 5) is 12.9. The zero-order valence-corrected chi connectivity index (χ0v) is 12.5. The third kappa shape index (κ3) is 3.33. The number of carbonyl (C=O) groups excluding carboxylic acids is 1. The van der Waals surface area contributed by atoms with E-state index in [1.807, 2.05) is 38.1 Å². The van der Waals surface area contributed by atoms with Crippen molar-refractivity contribution in [2.75, 3.05) is 18.2 Å². The van der Waals surface area contributed by atoms with Crippen molar-refractivity contribution < 1.29 is 9.53 Å². The molecule has 0 fully saturated rings. The average Bonchev–Trinajstić information content (AvgIpc) is 2.77. The Morgan fingerprint density at radius 2 is 2.15 bits per heavy atom. The number of benzene rings is 1. The third-order valence-electron chi connectivity index (χ3n) is 2.82. The smallest absolute Gasteiger partial charge is 0.234 e. The molecule has 0 aliphatic heterocycles. The number of aryl methyl sites for hydroxylation is 2. The summed E-state index contributed by atoms with van der Waals surface area (Å²) < 4.78 is 5.25. The second kappa shape index (κ2) is 6.47. The van der Waals surface area contributed by atoms with Crippen LogP contribution in [0.15, 0.2) is 29.2 Å². The first-order valence-electron chi connectivity index (χ1n) is 6.19. The lowest BCUT2D eigenvalue weighted by Gasteiger charge is -2.08. The van der Waals surface area contributed by atoms with Crippen molar-refractivity contribution in [1.29, 1.82) is 0 Å². The topological polar surface area (TPSA) is 67.0 Å². The zero-order valence-electron chi connectivity index (χ0n) is 11.7. The number of anilines is 1. The number of carbonyl (C=O) groups is 1. The minimum atomic E-state index is -0.0616. The van der Waals surface area contributed by atoms with Crippen molar-refractivity contribution in [3.63, 3.8) is 0 Å². The normalized spacial score (nSPS) is 10.3. The van der Waals surface area contributed by atoms with Gasteiger partial charge in [0.05, 0.1) is 29.9 Å². The summed E-state index contributed by atoms with van der Waals surface area (Å²) in [6.07, 6.45) is 0. The van der Waals surface area contributed by atoms with E-state index in [9.17, 15) is 4.79 Å². The Balaban J connectivity index is 1.96. The van der Waals surface area contributed by atoms with Gasteiger partial charge in [0.2, 0.25) is 5.91 Å². The van der Waals surface area contributed by atoms with Crippen LogP contribution in [0.1, 0.15) is 11.4 Å². The lowest BCUT2D eigenvalue weighted by atomic mass is 10.3. The Morgan fingerprint density at radius 3 is 2.80 bits per heavy atom. The van der Waals surface area contributed by atoms with E-state index < -0.39 is 0 Å². The molecule has 5 nitrogen and oxygen atoms in total. The molecule has 2 rings (SSSR count). The summed E-state index contributed by atoms with van der Waals surface area (Å²) >= 11 is 1.45. The van der Waals surface area contributed by atoms with Gasteiger partial charge in [-0.25, -0.2) is 0 Å². The minimum absolute atomic E-state index is 0.0616. The number of amides is 1. The highest BCUT2D eigenvalue weighted by Gasteiger charge is 2.11. The summed E-state index contributed by atoms with van der Waals surface area (Å²) in [5, 5.41) is 9.76. The molecule has 2 N–H and O–H groups in total. The Bertz CT molecular complexity index is 591. The summed E-state index contributed by atoms with van der Waals surface area (Å²) in [7, 11) is 1.62. The Morgan fingerprint density at radius 1 is 1.40 bits per heavy atom. The average molecular weight is 291 g/mol. The molecule has 0 bridgehead atoms. The van der Waals surface area contributed by atoms with E-state index >= 15 is 0 Å². The van der Waals surface area contributed by atoms with E-state index in [4.69, 9.17) is 4.74 Å². The standard InChI is InChI=1S/C14H17N3O2S/c1-9-14(10(2)17-16-9)15-13(18)8-20-12-7-5-4-6-11(12)19-3/h4-7H,8H2,1-3H3,(H,15,18)(H,16,17). The molecule has 0 radical (unpaired) electrons. The number of rotatable bonds is 5. The molecule has 20 heavy (non-hydrogen) atoms. The van der Waals surface area contributed by atoms with Gasteiger partial charge in [-0.05, 0) is 26.0 Å². The fourth-order valence-corrected chi connectivity index (χ4v) is 2.62. The largest absolute Gasteiger partial charge is 0.496 e. The van der Waals surface area contributed by atoms with Crippen LogP contribution in [-0.4, -0.2) is 29.0 Å². The van der Waals surface area contributed by atoms with Crippen LogP contribution >= 0.6 is 11.8 Å². The fraction of sp³-hybridized carbons (Fsp3) is 0.286. The highest BCUT2D eigenvalue weighted by Crippen LogP contribution is 2.28. The lowest BCUT2D eigenvalue weighted by molar-refractivity contribution is -0.113. The van der Waals surface area contributed by atoms with Gasteiger partial charge in [-0.3, -0.25) is 9.89 Å². The molecule has 106 valence electrons. The summed E-state index contributed by atoms with van der Waals surface area (Å²) in [6.45, 7) is 3.73. The Labute approximate surface area is 122 Å². The van der Waals surface area contributed by atoms with E-state index in [0.717, 1.165) is 27.7 Å². The molecule has 0 atom stereocenters. The molecule has 1 heterocycles. The van der Waals surface area contributed by atoms with Gasteiger partial charge in [-0.1, -0.05) is 12.1 Å². The van der Waals surface area contributed by atoms with Gasteiger partial charge in [0.1, 0.15) is 5.75 Å². The summed E-state index contributed by atoms with van der Waals surface area (Å²) in [5.41, 5.74) is 2.41. The van der Waals surface area contributed by atoms with E-state index in [1.54, 1.807) is 7.11 Å². The highest BCUT2D eigenvalue weighted by atomic mass is 32.2. The van der Waals surface area contributed by atoms with E-state index in [0.29, 0.717) is 5.75 Å². The molecular weight excluding hydrogens is 274 g/mol. The van der Waals surface area contributed by atoms with Gasteiger partial charge in [0.15, 0.2) is 0 Å². The van der Waals surface area contributed by atoms with Gasteiger partial charge in [-0.2, -0.15) is 5.10 Å². The van der Waals surface area contributed by atoms with Crippen LogP contribution in [0.3, 0.4) is 0 Å². The molecule has 6 heteroatoms. The molecule has 0 spiro atoms. The predicted molar refractivity (Wildman–Crippen MR) is 80.4 cm³/mol. The van der Waals surface area contributed by atoms with Crippen molar-refractivity contribution in [3.8, 4) is 5.75 Å². The number of nitrogens with one attached hydrogen (secondary N) is 2. The Kier molecular flexibility index (Phi) is 4.68. The molecule has 1 aromatic heterocycles. The second-order valence-corrected chi connectivity index (χ2v) is 5.31. The maximum absolute atomic E-state index is 12.0. The quantitative estimate of drug-likeness (QED) is 0.831. The van der Waals surface area contributed by atoms with Crippen LogP contribution in [0.5, 0.6) is 5.75 Å². The molecule has 0 saturated heterocycles. The van der Waals surface area contributed by atoms with Gasteiger partial charge in [0.25, 0.3) is 0 Å². The zero-order chi connectivity index (χ0) is 14.5. The Hall–Kier alpha value is -1.95. The van der Waals surface area contributed by atoms with Gasteiger partial charge >= 0.3 is 0 Å². The first kappa shape index (κ1) is 14.5. The third-order valence-corrected chi connectivity index (χ3v) is 3.88. The molecule has 0 aliphatic rings. The van der Waals surface area contributed by atoms with Crippen molar-refractivity contribution in [1.82, 2.24) is 10.2 Å². The monoisotopic (exact) mass is 291 g/mol. The maximum atomic E-state index is 12.0. The number of aromatic nitrogens is 2. The van der Waals surface area contributed by atoms with Crippen LogP contribution in [0, 0.1) is 13.8 Å². The first-order chi connectivity index (χ1) is 9.61. The number of methoxy groups -OCH3 is 1. The predicted octanol–water partition coefficient (Wildman–Crippen LogP) is 2.77. The first-order valence-corrected chi connectivity index (χ1v) is 7.17. The number of nitrogens with zero attached hydrogens (tertiary/aromatic N) is 1. The number of H-pyrrole nitrogens is 1. The second-order valence-electron chi connectivity index (χ2n) is 4.30. The van der Waals surface area contributed by atoms with E-state index in [1.165, 1.54) is 11.8 Å². The van der Waals surface area contributed by atoms with Gasteiger partial charge in [-0.15, -0.1) is 11.8 Å². The highest BCUT2D eigenvalue weighted by molar-refractivity contribution is 8.00. The summed E-state index contributed by atoms with van der Waals surface area (Å²) in [5.74, 6) is 1.04. The molecule has 1 amide bonds. The number of hydrogen-bond acceptors (Lipinski definition) is 4. The van der Waals surface area contributed by atoms with Gasteiger partial charge < -0.3 is 10.1 Å². The molecule has 0 saturated carbocycles. The van der Waals surface area contributed by atoms with Crippen LogP contribution in [0.2, 0.25) is 0 Å². The molecule has 2 aromatic rings. The van der Waals surface area contributed by atoms with Crippen molar-refractivity contribution in [2.45, 2.75) is 18.7 Å². The number of hydrogen-bond donors (Lipinski definition) is 2. The molecule has 0 unspecified atom stereocenters. The number of aromatic amines is 1. The summed E-state index contributed by atoms with van der Waals surface area (Å²) in [6, 6.07) is 7.64. The van der Waals surface area contributed by atoms with Crippen LogP contribution in [0.25, 0.3) is 0 Å². The van der Waals surface area contributed by atoms with Crippen LogP contribution < -0.4 is 10.1 Å². The lowest BCUT2D eigenvalue weighted by Crippen LogP contribution is -2.15. The van der Waals surface area contributed by atoms with Gasteiger partial charge in [0, 0.05) is 4.90 Å². The van der Waals surface area contributed by atoms with E-state index in [2.05, 4.69) is 15.5 Å². The minimum Gasteiger partial charge on any atom is -0.496 e. The van der Waals surface area contributed by atoms with Crippen LogP contribution in [0.4, 0.5) is 5.69 Å².